The molecule has 1 aromatic carbocycles. The number of carbonyl (C=O) groups is 1. The summed E-state index contributed by atoms with van der Waals surface area (Å²) >= 11 is 0. The van der Waals surface area contributed by atoms with E-state index in [1.807, 2.05) is 36.4 Å². The van der Waals surface area contributed by atoms with Gasteiger partial charge in [-0.25, -0.2) is 9.78 Å². The van der Waals surface area contributed by atoms with Crippen LogP contribution < -0.4 is 4.90 Å². The van der Waals surface area contributed by atoms with E-state index in [1.165, 1.54) is 0 Å². The van der Waals surface area contributed by atoms with Gasteiger partial charge in [0.05, 0.1) is 5.52 Å². The van der Waals surface area contributed by atoms with Crippen molar-refractivity contribution < 1.29 is 9.90 Å². The van der Waals surface area contributed by atoms with E-state index >= 15 is 0 Å². The molecule has 0 saturated carbocycles. The molecule has 0 saturated heterocycles. The molecule has 18 heavy (non-hydrogen) atoms. The number of carboxylic acid groups (broad SMARTS) is 1. The maximum absolute atomic E-state index is 11.2. The molecule has 0 aliphatic carbocycles. The molecule has 0 amide bonds. The van der Waals surface area contributed by atoms with E-state index in [-0.39, 0.29) is 0 Å². The molecule has 1 aromatic heterocycles. The zero-order valence-electron chi connectivity index (χ0n) is 10.7. The molecule has 0 atom stereocenters. The first-order valence-corrected chi connectivity index (χ1v) is 5.76. The number of anilines is 1. The van der Waals surface area contributed by atoms with Gasteiger partial charge in [-0.2, -0.15) is 0 Å². The Morgan fingerprint density at radius 3 is 2.56 bits per heavy atom. The fraction of sp³-hybridized carbons (Fsp3) is 0.286. The Hall–Kier alpha value is -2.10. The highest BCUT2D eigenvalue weighted by Crippen LogP contribution is 2.23. The molecule has 0 radical (unpaired) electrons. The van der Waals surface area contributed by atoms with Gasteiger partial charge in [-0.3, -0.25) is 0 Å². The van der Waals surface area contributed by atoms with Crippen LogP contribution in [0.1, 0.15) is 13.8 Å². The summed E-state index contributed by atoms with van der Waals surface area (Å²) < 4.78 is 0. The average Bonchev–Trinajstić information content (AvgIpc) is 2.37. The highest BCUT2D eigenvalue weighted by Gasteiger charge is 2.32. The third-order valence-electron chi connectivity index (χ3n) is 3.29. The number of carboxylic acids is 1. The fourth-order valence-electron chi connectivity index (χ4n) is 1.67. The molecule has 0 unspecified atom stereocenters. The van der Waals surface area contributed by atoms with Crippen LogP contribution in [0.25, 0.3) is 10.9 Å². The summed E-state index contributed by atoms with van der Waals surface area (Å²) in [5.41, 5.74) is -0.127. The third-order valence-corrected chi connectivity index (χ3v) is 3.29. The van der Waals surface area contributed by atoms with Crippen LogP contribution in [0, 0.1) is 0 Å². The van der Waals surface area contributed by atoms with Gasteiger partial charge in [0.25, 0.3) is 0 Å². The van der Waals surface area contributed by atoms with Crippen molar-refractivity contribution in [2.24, 2.45) is 0 Å². The molecule has 4 nitrogen and oxygen atoms in total. The summed E-state index contributed by atoms with van der Waals surface area (Å²) in [7, 11) is 1.74. The zero-order valence-corrected chi connectivity index (χ0v) is 10.7. The van der Waals surface area contributed by atoms with Gasteiger partial charge in [0.1, 0.15) is 11.4 Å². The minimum atomic E-state index is -0.991. The Labute approximate surface area is 106 Å². The smallest absolute Gasteiger partial charge is 0.328 e. The van der Waals surface area contributed by atoms with E-state index in [2.05, 4.69) is 4.98 Å². The first-order chi connectivity index (χ1) is 8.43. The number of hydrogen-bond acceptors (Lipinski definition) is 3. The molecule has 4 heteroatoms. The zero-order chi connectivity index (χ0) is 13.3. The van der Waals surface area contributed by atoms with Crippen LogP contribution in [0.3, 0.4) is 0 Å². The number of aliphatic carboxylic acids is 1. The van der Waals surface area contributed by atoms with Crippen LogP contribution in [-0.4, -0.2) is 28.6 Å². The summed E-state index contributed by atoms with van der Waals surface area (Å²) in [6.07, 6.45) is 0. The van der Waals surface area contributed by atoms with Crippen molar-refractivity contribution >= 4 is 22.7 Å². The van der Waals surface area contributed by atoms with Gasteiger partial charge in [-0.1, -0.05) is 18.2 Å². The normalized spacial score (nSPS) is 11.5. The molecule has 0 fully saturated rings. The second kappa shape index (κ2) is 4.29. The third kappa shape index (κ3) is 2.01. The summed E-state index contributed by atoms with van der Waals surface area (Å²) in [5.74, 6) is -0.221. The van der Waals surface area contributed by atoms with E-state index in [4.69, 9.17) is 0 Å². The van der Waals surface area contributed by atoms with Gasteiger partial charge in [0.15, 0.2) is 0 Å². The Morgan fingerprint density at radius 1 is 1.22 bits per heavy atom. The molecule has 0 aliphatic rings. The van der Waals surface area contributed by atoms with Crippen LogP contribution in [0.15, 0.2) is 36.4 Å². The second-order valence-corrected chi connectivity index (χ2v) is 4.79. The van der Waals surface area contributed by atoms with Gasteiger partial charge in [0.2, 0.25) is 0 Å². The van der Waals surface area contributed by atoms with E-state index in [0.29, 0.717) is 5.82 Å². The molecule has 2 rings (SSSR count). The molecule has 0 spiro atoms. The minimum Gasteiger partial charge on any atom is -0.480 e. The number of nitrogens with zero attached hydrogens (tertiary/aromatic N) is 2. The number of pyridine rings is 1. The van der Waals surface area contributed by atoms with Crippen molar-refractivity contribution in [2.45, 2.75) is 19.4 Å². The monoisotopic (exact) mass is 244 g/mol. The van der Waals surface area contributed by atoms with Gasteiger partial charge >= 0.3 is 5.97 Å². The lowest BCUT2D eigenvalue weighted by atomic mass is 10.0. The number of likely N-dealkylation sites (N-methyl/N-ethyl adjacent to an activating group) is 1. The summed E-state index contributed by atoms with van der Waals surface area (Å²) in [6, 6.07) is 11.6. The van der Waals surface area contributed by atoms with Crippen LogP contribution in [0.5, 0.6) is 0 Å². The van der Waals surface area contributed by atoms with E-state index < -0.39 is 11.5 Å². The van der Waals surface area contributed by atoms with E-state index in [1.54, 1.807) is 25.8 Å². The van der Waals surface area contributed by atoms with E-state index in [9.17, 15) is 9.90 Å². The van der Waals surface area contributed by atoms with Gasteiger partial charge < -0.3 is 10.0 Å². The number of fused-ring (bicyclic) bond motifs is 1. The average molecular weight is 244 g/mol. The van der Waals surface area contributed by atoms with Crippen molar-refractivity contribution in [1.82, 2.24) is 4.98 Å². The Balaban J connectivity index is 2.45. The van der Waals surface area contributed by atoms with Crippen LogP contribution in [0.2, 0.25) is 0 Å². The highest BCUT2D eigenvalue weighted by molar-refractivity contribution is 5.84. The number of benzene rings is 1. The Morgan fingerprint density at radius 2 is 1.89 bits per heavy atom. The van der Waals surface area contributed by atoms with Crippen LogP contribution in [-0.2, 0) is 4.79 Å². The molecule has 0 bridgehead atoms. The lowest BCUT2D eigenvalue weighted by Gasteiger charge is -2.32. The van der Waals surface area contributed by atoms with Gasteiger partial charge in [-0.05, 0) is 32.0 Å². The molecule has 1 N–H and O–H groups in total. The predicted octanol–water partition coefficient (Wildman–Crippen LogP) is 2.53. The Bertz CT molecular complexity index is 593. The maximum atomic E-state index is 11.2. The standard InChI is InChI=1S/C14H16N2O2/c1-14(2,13(17)18)16(3)12-9-8-10-6-4-5-7-11(10)15-12/h4-9H,1-3H3,(H,17,18). The highest BCUT2D eigenvalue weighted by atomic mass is 16.4. The molecular formula is C14H16N2O2. The quantitative estimate of drug-likeness (QED) is 0.901. The van der Waals surface area contributed by atoms with Crippen LogP contribution in [0.4, 0.5) is 5.82 Å². The minimum absolute atomic E-state index is 0.654. The topological polar surface area (TPSA) is 53.4 Å². The van der Waals surface area contributed by atoms with Crippen molar-refractivity contribution in [2.75, 3.05) is 11.9 Å². The van der Waals surface area contributed by atoms with Crippen LogP contribution >= 0.6 is 0 Å². The summed E-state index contributed by atoms with van der Waals surface area (Å²) in [5, 5.41) is 10.3. The van der Waals surface area contributed by atoms with E-state index in [0.717, 1.165) is 10.9 Å². The number of para-hydroxylation sites is 1. The van der Waals surface area contributed by atoms with Gasteiger partial charge in [0, 0.05) is 12.4 Å². The largest absolute Gasteiger partial charge is 0.480 e. The lowest BCUT2D eigenvalue weighted by molar-refractivity contribution is -0.142. The van der Waals surface area contributed by atoms with Crippen molar-refractivity contribution in [3.8, 4) is 0 Å². The molecule has 0 aliphatic heterocycles. The predicted molar refractivity (Wildman–Crippen MR) is 71.9 cm³/mol. The molecule has 2 aromatic rings. The van der Waals surface area contributed by atoms with Crippen molar-refractivity contribution in [3.63, 3.8) is 0 Å². The SMILES string of the molecule is CN(c1ccc2ccccc2n1)C(C)(C)C(=O)O. The molecular weight excluding hydrogens is 228 g/mol. The fourth-order valence-corrected chi connectivity index (χ4v) is 1.67. The number of rotatable bonds is 3. The van der Waals surface area contributed by atoms with Gasteiger partial charge in [-0.15, -0.1) is 0 Å². The van der Waals surface area contributed by atoms with Crippen molar-refractivity contribution in [3.05, 3.63) is 36.4 Å². The first kappa shape index (κ1) is 12.4. The lowest BCUT2D eigenvalue weighted by Crippen LogP contribution is -2.48. The first-order valence-electron chi connectivity index (χ1n) is 5.76. The summed E-state index contributed by atoms with van der Waals surface area (Å²) in [4.78, 5) is 17.4. The Kier molecular flexibility index (Phi) is 2.95. The van der Waals surface area contributed by atoms with Crippen molar-refractivity contribution in [1.29, 1.82) is 0 Å². The second-order valence-electron chi connectivity index (χ2n) is 4.79. The molecule has 1 heterocycles. The molecule has 94 valence electrons. The summed E-state index contributed by atoms with van der Waals surface area (Å²) in [6.45, 7) is 3.32. The number of hydrogen-bond donors (Lipinski definition) is 1. The maximum Gasteiger partial charge on any atom is 0.328 e. The number of aromatic nitrogens is 1.